The summed E-state index contributed by atoms with van der Waals surface area (Å²) in [5.41, 5.74) is 0.583. The lowest BCUT2D eigenvalue weighted by Gasteiger charge is -2.16. The van der Waals surface area contributed by atoms with Gasteiger partial charge in [0.05, 0.1) is 4.90 Å². The van der Waals surface area contributed by atoms with Gasteiger partial charge in [0.15, 0.2) is 6.10 Å². The second-order valence-electron chi connectivity index (χ2n) is 4.27. The van der Waals surface area contributed by atoms with Crippen molar-refractivity contribution in [3.63, 3.8) is 0 Å². The molecule has 0 saturated heterocycles. The monoisotopic (exact) mass is 298 g/mol. The summed E-state index contributed by atoms with van der Waals surface area (Å²) in [6.45, 7) is 7.14. The Balaban J connectivity index is 2.84. The fourth-order valence-corrected chi connectivity index (χ4v) is 2.09. The van der Waals surface area contributed by atoms with Crippen LogP contribution in [0.1, 0.15) is 12.5 Å². The molecule has 0 heterocycles. The van der Waals surface area contributed by atoms with E-state index in [1.54, 1.807) is 19.9 Å². The number of sulfonamides is 1. The predicted molar refractivity (Wildman–Crippen MR) is 75.8 cm³/mol. The molecule has 0 spiro atoms. The van der Waals surface area contributed by atoms with Crippen molar-refractivity contribution in [3.05, 3.63) is 36.4 Å². The fourth-order valence-electron chi connectivity index (χ4n) is 1.49. The Hall–Kier alpha value is -1.86. The summed E-state index contributed by atoms with van der Waals surface area (Å²) >= 11 is 0. The minimum atomic E-state index is -3.74. The molecule has 6 nitrogen and oxygen atoms in total. The number of hydrogen-bond acceptors (Lipinski definition) is 4. The van der Waals surface area contributed by atoms with Gasteiger partial charge in [-0.2, -0.15) is 0 Å². The molecule has 1 atom stereocenters. The number of hydrogen-bond donors (Lipinski definition) is 2. The van der Waals surface area contributed by atoms with Gasteiger partial charge in [-0.15, -0.1) is 6.58 Å². The second-order valence-corrected chi connectivity index (χ2v) is 5.83. The average molecular weight is 298 g/mol. The molecule has 110 valence electrons. The quantitative estimate of drug-likeness (QED) is 0.756. The Labute approximate surface area is 118 Å². The molecule has 1 amide bonds. The van der Waals surface area contributed by atoms with Gasteiger partial charge in [0, 0.05) is 6.54 Å². The van der Waals surface area contributed by atoms with Crippen molar-refractivity contribution in [1.82, 2.24) is 5.32 Å². The van der Waals surface area contributed by atoms with Crippen LogP contribution in [0.25, 0.3) is 0 Å². The second kappa shape index (κ2) is 6.53. The van der Waals surface area contributed by atoms with Crippen molar-refractivity contribution in [2.75, 3.05) is 6.54 Å². The highest BCUT2D eigenvalue weighted by Crippen LogP contribution is 2.22. The zero-order valence-corrected chi connectivity index (χ0v) is 12.2. The molecule has 0 saturated carbocycles. The topological polar surface area (TPSA) is 98.5 Å². The Morgan fingerprint density at radius 2 is 2.20 bits per heavy atom. The molecule has 0 aliphatic rings. The third-order valence-corrected chi connectivity index (χ3v) is 3.48. The SMILES string of the molecule is C=CCNC(=O)C(C)Oc1ccc(S(N)(=O)=O)cc1C. The number of rotatable bonds is 6. The van der Waals surface area contributed by atoms with Crippen LogP contribution in [0.2, 0.25) is 0 Å². The largest absolute Gasteiger partial charge is 0.481 e. The fraction of sp³-hybridized carbons (Fsp3) is 0.308. The summed E-state index contributed by atoms with van der Waals surface area (Å²) < 4.78 is 27.9. The molecule has 0 bridgehead atoms. The Morgan fingerprint density at radius 1 is 1.55 bits per heavy atom. The van der Waals surface area contributed by atoms with Crippen molar-refractivity contribution in [2.24, 2.45) is 5.14 Å². The molecule has 3 N–H and O–H groups in total. The van der Waals surface area contributed by atoms with Gasteiger partial charge < -0.3 is 10.1 Å². The third-order valence-electron chi connectivity index (χ3n) is 2.57. The van der Waals surface area contributed by atoms with E-state index in [0.717, 1.165) is 0 Å². The van der Waals surface area contributed by atoms with E-state index >= 15 is 0 Å². The van der Waals surface area contributed by atoms with Crippen molar-refractivity contribution in [3.8, 4) is 5.75 Å². The van der Waals surface area contributed by atoms with Crippen LogP contribution in [0.4, 0.5) is 0 Å². The molecule has 0 aliphatic heterocycles. The highest BCUT2D eigenvalue weighted by molar-refractivity contribution is 7.89. The van der Waals surface area contributed by atoms with Crippen LogP contribution in [-0.4, -0.2) is 27.0 Å². The standard InChI is InChI=1S/C13H18N2O4S/c1-4-7-15-13(16)10(3)19-12-6-5-11(8-9(12)2)20(14,17)18/h4-6,8,10H,1,7H2,2-3H3,(H,15,16)(H2,14,17,18). The molecular formula is C13H18N2O4S. The van der Waals surface area contributed by atoms with Crippen LogP contribution in [0.15, 0.2) is 35.7 Å². The van der Waals surface area contributed by atoms with Crippen LogP contribution < -0.4 is 15.2 Å². The first-order valence-corrected chi connectivity index (χ1v) is 7.49. The van der Waals surface area contributed by atoms with Gasteiger partial charge in [0.2, 0.25) is 10.0 Å². The van der Waals surface area contributed by atoms with Gasteiger partial charge in [0.1, 0.15) is 5.75 Å². The summed E-state index contributed by atoms with van der Waals surface area (Å²) in [5, 5.41) is 7.65. The molecule has 7 heteroatoms. The van der Waals surface area contributed by atoms with Crippen molar-refractivity contribution in [1.29, 1.82) is 0 Å². The van der Waals surface area contributed by atoms with Crippen molar-refractivity contribution in [2.45, 2.75) is 24.8 Å². The first kappa shape index (κ1) is 16.2. The zero-order chi connectivity index (χ0) is 15.3. The van der Waals surface area contributed by atoms with Crippen LogP contribution in [0.5, 0.6) is 5.75 Å². The van der Waals surface area contributed by atoms with E-state index in [1.165, 1.54) is 18.2 Å². The first-order valence-electron chi connectivity index (χ1n) is 5.94. The Bertz CT molecular complexity index is 611. The van der Waals surface area contributed by atoms with Gasteiger partial charge in [0.25, 0.3) is 5.91 Å². The van der Waals surface area contributed by atoms with Gasteiger partial charge in [-0.25, -0.2) is 13.6 Å². The van der Waals surface area contributed by atoms with E-state index in [1.807, 2.05) is 0 Å². The number of aryl methyl sites for hydroxylation is 1. The first-order chi connectivity index (χ1) is 9.25. The van der Waals surface area contributed by atoms with E-state index in [-0.39, 0.29) is 10.8 Å². The summed E-state index contributed by atoms with van der Waals surface area (Å²) in [7, 11) is -3.74. The smallest absolute Gasteiger partial charge is 0.261 e. The number of carbonyl (C=O) groups excluding carboxylic acids is 1. The number of carbonyl (C=O) groups is 1. The van der Waals surface area contributed by atoms with Crippen LogP contribution in [0.3, 0.4) is 0 Å². The summed E-state index contributed by atoms with van der Waals surface area (Å²) in [4.78, 5) is 11.6. The van der Waals surface area contributed by atoms with Crippen LogP contribution >= 0.6 is 0 Å². The minimum absolute atomic E-state index is 0.00566. The molecule has 0 aromatic heterocycles. The lowest BCUT2D eigenvalue weighted by Crippen LogP contribution is -2.36. The minimum Gasteiger partial charge on any atom is -0.481 e. The number of benzene rings is 1. The van der Waals surface area contributed by atoms with Gasteiger partial charge >= 0.3 is 0 Å². The maximum Gasteiger partial charge on any atom is 0.261 e. The Morgan fingerprint density at radius 3 is 2.70 bits per heavy atom. The van der Waals surface area contributed by atoms with E-state index in [2.05, 4.69) is 11.9 Å². The number of ether oxygens (including phenoxy) is 1. The Kier molecular flexibility index (Phi) is 5.29. The lowest BCUT2D eigenvalue weighted by atomic mass is 10.2. The third kappa shape index (κ3) is 4.36. The average Bonchev–Trinajstić information content (AvgIpc) is 2.36. The highest BCUT2D eigenvalue weighted by atomic mass is 32.2. The maximum absolute atomic E-state index is 11.6. The van der Waals surface area contributed by atoms with E-state index in [0.29, 0.717) is 17.9 Å². The summed E-state index contributed by atoms with van der Waals surface area (Å²) in [5.74, 6) is 0.151. The van der Waals surface area contributed by atoms with E-state index < -0.39 is 16.1 Å². The van der Waals surface area contributed by atoms with Crippen LogP contribution in [0, 0.1) is 6.92 Å². The lowest BCUT2D eigenvalue weighted by molar-refractivity contribution is -0.127. The molecule has 0 aliphatic carbocycles. The predicted octanol–water partition coefficient (Wildman–Crippen LogP) is 0.712. The molecule has 1 rings (SSSR count). The molecule has 1 unspecified atom stereocenters. The summed E-state index contributed by atoms with van der Waals surface area (Å²) in [6.07, 6.45) is 0.866. The molecule has 1 aromatic rings. The van der Waals surface area contributed by atoms with E-state index in [9.17, 15) is 13.2 Å². The van der Waals surface area contributed by atoms with Crippen molar-refractivity contribution < 1.29 is 17.9 Å². The summed E-state index contributed by atoms with van der Waals surface area (Å²) in [6, 6.07) is 4.22. The number of nitrogens with one attached hydrogen (secondary N) is 1. The molecular weight excluding hydrogens is 280 g/mol. The zero-order valence-electron chi connectivity index (χ0n) is 11.4. The normalized spacial score (nSPS) is 12.6. The van der Waals surface area contributed by atoms with E-state index in [4.69, 9.17) is 9.88 Å². The number of amides is 1. The highest BCUT2D eigenvalue weighted by Gasteiger charge is 2.16. The van der Waals surface area contributed by atoms with Crippen LogP contribution in [-0.2, 0) is 14.8 Å². The molecule has 0 radical (unpaired) electrons. The molecule has 1 aromatic carbocycles. The van der Waals surface area contributed by atoms with Crippen molar-refractivity contribution >= 4 is 15.9 Å². The van der Waals surface area contributed by atoms with Gasteiger partial charge in [-0.3, -0.25) is 4.79 Å². The van der Waals surface area contributed by atoms with Gasteiger partial charge in [-0.05, 0) is 37.6 Å². The molecule has 0 fully saturated rings. The van der Waals surface area contributed by atoms with Gasteiger partial charge in [-0.1, -0.05) is 6.08 Å². The maximum atomic E-state index is 11.6. The molecule has 20 heavy (non-hydrogen) atoms. The number of primary sulfonamides is 1. The number of nitrogens with two attached hydrogens (primary N) is 1.